The number of primary amides is 1. The molecular weight excluding hydrogens is 320 g/mol. The van der Waals surface area contributed by atoms with Gasteiger partial charge in [-0.1, -0.05) is 30.3 Å². The highest BCUT2D eigenvalue weighted by atomic mass is 32.1. The minimum Gasteiger partial charge on any atom is -0.367 e. The number of hydrogen-bond donors (Lipinski definition) is 1. The molecule has 1 spiro atoms. The molecule has 1 amide bonds. The number of hydrogen-bond acceptors (Lipinski definition) is 4. The van der Waals surface area contributed by atoms with E-state index in [-0.39, 0.29) is 11.5 Å². The van der Waals surface area contributed by atoms with Crippen molar-refractivity contribution in [3.63, 3.8) is 0 Å². The van der Waals surface area contributed by atoms with Crippen molar-refractivity contribution in [2.24, 2.45) is 5.73 Å². The second-order valence-electron chi connectivity index (χ2n) is 6.73. The Kier molecular flexibility index (Phi) is 4.16. The first-order chi connectivity index (χ1) is 11.7. The molecule has 0 bridgehead atoms. The average Bonchev–Trinajstić information content (AvgIpc) is 3.07. The summed E-state index contributed by atoms with van der Waals surface area (Å²) in [5, 5.41) is 2.11. The van der Waals surface area contributed by atoms with Gasteiger partial charge in [0, 0.05) is 30.9 Å². The maximum absolute atomic E-state index is 11.7. The van der Waals surface area contributed by atoms with Gasteiger partial charge in [-0.05, 0) is 35.4 Å². The van der Waals surface area contributed by atoms with Crippen LogP contribution in [0.3, 0.4) is 0 Å². The molecule has 0 saturated carbocycles. The summed E-state index contributed by atoms with van der Waals surface area (Å²) in [5.41, 5.74) is 7.83. The molecule has 2 aromatic rings. The number of amides is 1. The van der Waals surface area contributed by atoms with E-state index < -0.39 is 6.10 Å². The van der Waals surface area contributed by atoms with Crippen LogP contribution < -0.4 is 5.73 Å². The summed E-state index contributed by atoms with van der Waals surface area (Å²) < 4.78 is 6.27. The number of thiophene rings is 1. The molecule has 2 N–H and O–H groups in total. The van der Waals surface area contributed by atoms with Crippen LogP contribution in [0.2, 0.25) is 0 Å². The van der Waals surface area contributed by atoms with Crippen molar-refractivity contribution in [1.82, 2.24) is 4.90 Å². The first-order valence-electron chi connectivity index (χ1n) is 8.46. The lowest BCUT2D eigenvalue weighted by Gasteiger charge is -2.46. The number of benzene rings is 1. The Morgan fingerprint density at radius 2 is 2.00 bits per heavy atom. The molecule has 1 atom stereocenters. The first kappa shape index (κ1) is 15.8. The summed E-state index contributed by atoms with van der Waals surface area (Å²) in [6.07, 6.45) is 1.95. The highest BCUT2D eigenvalue weighted by Crippen LogP contribution is 2.45. The van der Waals surface area contributed by atoms with Gasteiger partial charge in [-0.25, -0.2) is 0 Å². The molecule has 1 aromatic carbocycles. The standard InChI is InChI=1S/C19H22N2O2S/c20-18(22)16-12-17-15(6-11-24-17)19(23-16)7-9-21(10-8-19)13-14-4-2-1-3-5-14/h1-6,11,16H,7-10,12-13H2,(H2,20,22)/t16-/m1/s1. The normalized spacial score (nSPS) is 23.1. The van der Waals surface area contributed by atoms with Gasteiger partial charge in [0.15, 0.2) is 0 Å². The number of likely N-dealkylation sites (tertiary alicyclic amines) is 1. The number of fused-ring (bicyclic) bond motifs is 2. The molecule has 1 saturated heterocycles. The molecular formula is C19H22N2O2S. The second kappa shape index (κ2) is 6.31. The molecule has 3 heterocycles. The molecule has 4 rings (SSSR count). The van der Waals surface area contributed by atoms with E-state index in [1.807, 2.05) is 6.07 Å². The fraction of sp³-hybridized carbons (Fsp3) is 0.421. The molecule has 1 fully saturated rings. The van der Waals surface area contributed by atoms with E-state index in [0.717, 1.165) is 32.5 Å². The quantitative estimate of drug-likeness (QED) is 0.933. The van der Waals surface area contributed by atoms with Crippen LogP contribution in [0.4, 0.5) is 0 Å². The monoisotopic (exact) mass is 342 g/mol. The molecule has 2 aliphatic heterocycles. The number of ether oxygens (including phenoxy) is 1. The van der Waals surface area contributed by atoms with Crippen LogP contribution in [0, 0.1) is 0 Å². The van der Waals surface area contributed by atoms with Crippen molar-refractivity contribution in [1.29, 1.82) is 0 Å². The fourth-order valence-electron chi connectivity index (χ4n) is 3.91. The summed E-state index contributed by atoms with van der Waals surface area (Å²) in [4.78, 5) is 15.4. The van der Waals surface area contributed by atoms with Crippen LogP contribution in [-0.2, 0) is 28.1 Å². The van der Waals surface area contributed by atoms with Crippen LogP contribution in [0.25, 0.3) is 0 Å². The smallest absolute Gasteiger partial charge is 0.246 e. The summed E-state index contributed by atoms with van der Waals surface area (Å²) in [5.74, 6) is -0.347. The maximum atomic E-state index is 11.7. The van der Waals surface area contributed by atoms with Crippen molar-refractivity contribution in [2.45, 2.75) is 37.5 Å². The van der Waals surface area contributed by atoms with E-state index in [0.29, 0.717) is 6.42 Å². The zero-order valence-corrected chi connectivity index (χ0v) is 14.4. The second-order valence-corrected chi connectivity index (χ2v) is 7.73. The van der Waals surface area contributed by atoms with E-state index in [1.54, 1.807) is 11.3 Å². The molecule has 5 heteroatoms. The van der Waals surface area contributed by atoms with E-state index in [1.165, 1.54) is 16.0 Å². The number of nitrogens with two attached hydrogens (primary N) is 1. The third-order valence-corrected chi connectivity index (χ3v) is 6.15. The van der Waals surface area contributed by atoms with E-state index in [9.17, 15) is 4.79 Å². The van der Waals surface area contributed by atoms with E-state index in [4.69, 9.17) is 10.5 Å². The zero-order chi connectivity index (χ0) is 16.6. The summed E-state index contributed by atoms with van der Waals surface area (Å²) >= 11 is 1.72. The Morgan fingerprint density at radius 1 is 1.25 bits per heavy atom. The van der Waals surface area contributed by atoms with Crippen LogP contribution in [0.1, 0.15) is 28.8 Å². The van der Waals surface area contributed by atoms with Gasteiger partial charge >= 0.3 is 0 Å². The van der Waals surface area contributed by atoms with Gasteiger partial charge in [-0.3, -0.25) is 9.69 Å². The van der Waals surface area contributed by atoms with Crippen molar-refractivity contribution in [3.05, 3.63) is 57.8 Å². The van der Waals surface area contributed by atoms with Gasteiger partial charge in [-0.2, -0.15) is 0 Å². The van der Waals surface area contributed by atoms with Crippen LogP contribution in [-0.4, -0.2) is 30.0 Å². The predicted octanol–water partition coefficient (Wildman–Crippen LogP) is 2.67. The van der Waals surface area contributed by atoms with Gasteiger partial charge in [0.25, 0.3) is 0 Å². The number of piperidine rings is 1. The molecule has 1 aromatic heterocycles. The van der Waals surface area contributed by atoms with Crippen molar-refractivity contribution in [2.75, 3.05) is 13.1 Å². The highest BCUT2D eigenvalue weighted by Gasteiger charge is 2.45. The Morgan fingerprint density at radius 3 is 2.71 bits per heavy atom. The zero-order valence-electron chi connectivity index (χ0n) is 13.6. The molecule has 0 radical (unpaired) electrons. The predicted molar refractivity (Wildman–Crippen MR) is 94.7 cm³/mol. The lowest BCUT2D eigenvalue weighted by molar-refractivity contribution is -0.160. The third-order valence-electron chi connectivity index (χ3n) is 5.20. The number of nitrogens with zero attached hydrogens (tertiary/aromatic N) is 1. The van der Waals surface area contributed by atoms with Gasteiger partial charge in [0.2, 0.25) is 5.91 Å². The maximum Gasteiger partial charge on any atom is 0.246 e. The number of carbonyl (C=O) groups is 1. The molecule has 4 nitrogen and oxygen atoms in total. The molecule has 0 aliphatic carbocycles. The number of rotatable bonds is 3. The van der Waals surface area contributed by atoms with Crippen molar-refractivity contribution < 1.29 is 9.53 Å². The molecule has 126 valence electrons. The topological polar surface area (TPSA) is 55.6 Å². The number of carbonyl (C=O) groups excluding carboxylic acids is 1. The van der Waals surface area contributed by atoms with Gasteiger partial charge in [0.1, 0.15) is 6.10 Å². The highest BCUT2D eigenvalue weighted by molar-refractivity contribution is 7.10. The van der Waals surface area contributed by atoms with Crippen molar-refractivity contribution in [3.8, 4) is 0 Å². The van der Waals surface area contributed by atoms with E-state index >= 15 is 0 Å². The third kappa shape index (κ3) is 2.88. The van der Waals surface area contributed by atoms with Gasteiger partial charge in [0.05, 0.1) is 5.60 Å². The van der Waals surface area contributed by atoms with Crippen molar-refractivity contribution >= 4 is 17.2 Å². The Labute approximate surface area is 146 Å². The summed E-state index contributed by atoms with van der Waals surface area (Å²) in [6, 6.07) is 12.7. The summed E-state index contributed by atoms with van der Waals surface area (Å²) in [7, 11) is 0. The molecule has 2 aliphatic rings. The van der Waals surface area contributed by atoms with Gasteiger partial charge in [-0.15, -0.1) is 11.3 Å². The fourth-order valence-corrected chi connectivity index (χ4v) is 4.91. The van der Waals surface area contributed by atoms with Crippen LogP contribution >= 0.6 is 11.3 Å². The average molecular weight is 342 g/mol. The van der Waals surface area contributed by atoms with E-state index in [2.05, 4.69) is 40.6 Å². The minimum atomic E-state index is -0.489. The SMILES string of the molecule is NC(=O)[C@H]1Cc2sccc2C2(CCN(Cc3ccccc3)CC2)O1. The van der Waals surface area contributed by atoms with Crippen LogP contribution in [0.15, 0.2) is 41.8 Å². The lowest BCUT2D eigenvalue weighted by atomic mass is 9.81. The Balaban J connectivity index is 1.50. The Bertz CT molecular complexity index is 720. The lowest BCUT2D eigenvalue weighted by Crippen LogP contribution is -2.51. The molecule has 24 heavy (non-hydrogen) atoms. The first-order valence-corrected chi connectivity index (χ1v) is 9.34. The molecule has 0 unspecified atom stereocenters. The minimum absolute atomic E-state index is 0.333. The van der Waals surface area contributed by atoms with Crippen LogP contribution in [0.5, 0.6) is 0 Å². The largest absolute Gasteiger partial charge is 0.367 e. The van der Waals surface area contributed by atoms with Gasteiger partial charge < -0.3 is 10.5 Å². The Hall–Kier alpha value is -1.69. The summed E-state index contributed by atoms with van der Waals surface area (Å²) in [6.45, 7) is 2.90.